The summed E-state index contributed by atoms with van der Waals surface area (Å²) in [4.78, 5) is 12.1. The van der Waals surface area contributed by atoms with Crippen LogP contribution in [0, 0.1) is 0 Å². The molecule has 1 aromatic carbocycles. The first-order valence-corrected chi connectivity index (χ1v) is 7.18. The summed E-state index contributed by atoms with van der Waals surface area (Å²) in [5, 5.41) is 7.24. The van der Waals surface area contributed by atoms with Gasteiger partial charge < -0.3 is 11.1 Å². The molecule has 0 aliphatic rings. The third-order valence-corrected chi connectivity index (χ3v) is 3.41. The Labute approximate surface area is 125 Å². The van der Waals surface area contributed by atoms with Gasteiger partial charge in [-0.1, -0.05) is 37.3 Å². The van der Waals surface area contributed by atoms with Crippen molar-refractivity contribution in [2.75, 3.05) is 0 Å². The minimum atomic E-state index is -0.533. The molecule has 1 aromatic heterocycles. The molecule has 112 valence electrons. The van der Waals surface area contributed by atoms with Gasteiger partial charge in [0.2, 0.25) is 5.91 Å². The zero-order chi connectivity index (χ0) is 15.2. The molecule has 5 heteroatoms. The lowest BCUT2D eigenvalue weighted by molar-refractivity contribution is -0.122. The number of amides is 1. The number of aromatic nitrogens is 2. The van der Waals surface area contributed by atoms with Gasteiger partial charge in [-0.05, 0) is 18.4 Å². The largest absolute Gasteiger partial charge is 0.351 e. The molecule has 1 unspecified atom stereocenters. The van der Waals surface area contributed by atoms with Gasteiger partial charge in [0.1, 0.15) is 0 Å². The first-order valence-electron chi connectivity index (χ1n) is 7.18. The molecule has 3 N–H and O–H groups in total. The highest BCUT2D eigenvalue weighted by atomic mass is 16.2. The Kier molecular flexibility index (Phi) is 5.11. The Morgan fingerprint density at radius 1 is 1.38 bits per heavy atom. The summed E-state index contributed by atoms with van der Waals surface area (Å²) in [6.07, 6.45) is 3.32. The number of aryl methyl sites for hydroxylation is 2. The summed E-state index contributed by atoms with van der Waals surface area (Å²) >= 11 is 0. The second kappa shape index (κ2) is 7.04. The van der Waals surface area contributed by atoms with Gasteiger partial charge in [-0.25, -0.2) is 0 Å². The molecular formula is C16H22N4O. The molecule has 21 heavy (non-hydrogen) atoms. The van der Waals surface area contributed by atoms with Crippen molar-refractivity contribution in [3.05, 3.63) is 53.3 Å². The predicted octanol–water partition coefficient (Wildman–Crippen LogP) is 1.17. The molecule has 5 nitrogen and oxygen atoms in total. The molecule has 0 spiro atoms. The van der Waals surface area contributed by atoms with Gasteiger partial charge in [0.25, 0.3) is 0 Å². The fraction of sp³-hybridized carbons (Fsp3) is 0.375. The molecule has 0 fully saturated rings. The number of nitrogens with zero attached hydrogens (tertiary/aromatic N) is 2. The molecule has 2 aromatic rings. The van der Waals surface area contributed by atoms with Crippen LogP contribution in [0.2, 0.25) is 0 Å². The molecule has 0 saturated carbocycles. The lowest BCUT2D eigenvalue weighted by Crippen LogP contribution is -2.41. The van der Waals surface area contributed by atoms with Crippen molar-refractivity contribution >= 4 is 5.91 Å². The summed E-state index contributed by atoms with van der Waals surface area (Å²) in [7, 11) is 1.88. The quantitative estimate of drug-likeness (QED) is 0.837. The minimum absolute atomic E-state index is 0.134. The topological polar surface area (TPSA) is 72.9 Å². The first-order chi connectivity index (χ1) is 10.1. The van der Waals surface area contributed by atoms with Gasteiger partial charge in [-0.2, -0.15) is 5.10 Å². The monoisotopic (exact) mass is 286 g/mol. The van der Waals surface area contributed by atoms with Crippen LogP contribution in [0.25, 0.3) is 0 Å². The molecule has 1 heterocycles. The van der Waals surface area contributed by atoms with Crippen LogP contribution in [0.15, 0.2) is 36.5 Å². The highest BCUT2D eigenvalue weighted by Gasteiger charge is 2.15. The molecule has 0 aliphatic carbocycles. The highest BCUT2D eigenvalue weighted by molar-refractivity contribution is 5.81. The number of rotatable bonds is 6. The van der Waals surface area contributed by atoms with Crippen LogP contribution < -0.4 is 11.1 Å². The molecule has 2 rings (SSSR count). The number of hydrogen-bond donors (Lipinski definition) is 2. The Balaban J connectivity index is 1.89. The van der Waals surface area contributed by atoms with E-state index in [0.29, 0.717) is 13.0 Å². The SMILES string of the molecule is CCc1nn(C)cc1CNC(=O)C(N)Cc1ccccc1. The van der Waals surface area contributed by atoms with E-state index in [4.69, 9.17) is 5.73 Å². The number of carbonyl (C=O) groups excluding carboxylic acids is 1. The average Bonchev–Trinajstić information content (AvgIpc) is 2.85. The Bertz CT molecular complexity index is 592. The smallest absolute Gasteiger partial charge is 0.237 e. The van der Waals surface area contributed by atoms with Crippen molar-refractivity contribution in [1.82, 2.24) is 15.1 Å². The van der Waals surface area contributed by atoms with Gasteiger partial charge >= 0.3 is 0 Å². The van der Waals surface area contributed by atoms with Crippen LogP contribution >= 0.6 is 0 Å². The summed E-state index contributed by atoms with van der Waals surface area (Å²) in [6.45, 7) is 2.52. The van der Waals surface area contributed by atoms with E-state index >= 15 is 0 Å². The number of hydrogen-bond acceptors (Lipinski definition) is 3. The summed E-state index contributed by atoms with van der Waals surface area (Å²) < 4.78 is 1.77. The van der Waals surface area contributed by atoms with Crippen LogP contribution in [0.4, 0.5) is 0 Å². The molecule has 1 atom stereocenters. The van der Waals surface area contributed by atoms with Crippen molar-refractivity contribution in [3.8, 4) is 0 Å². The summed E-state index contributed by atoms with van der Waals surface area (Å²) in [5.74, 6) is -0.134. The van der Waals surface area contributed by atoms with E-state index in [1.165, 1.54) is 0 Å². The molecule has 0 radical (unpaired) electrons. The van der Waals surface area contributed by atoms with E-state index in [0.717, 1.165) is 23.2 Å². The summed E-state index contributed by atoms with van der Waals surface area (Å²) in [5.41, 5.74) is 9.07. The fourth-order valence-electron chi connectivity index (χ4n) is 2.30. The fourth-order valence-corrected chi connectivity index (χ4v) is 2.30. The lowest BCUT2D eigenvalue weighted by Gasteiger charge is -2.12. The third-order valence-electron chi connectivity index (χ3n) is 3.41. The normalized spacial score (nSPS) is 12.1. The standard InChI is InChI=1S/C16H22N4O/c1-3-15-13(11-20(2)19-15)10-18-16(21)14(17)9-12-7-5-4-6-8-12/h4-8,11,14H,3,9-10,17H2,1-2H3,(H,18,21). The van der Waals surface area contributed by atoms with Crippen molar-refractivity contribution in [3.63, 3.8) is 0 Å². The maximum atomic E-state index is 12.1. The zero-order valence-corrected chi connectivity index (χ0v) is 12.5. The first kappa shape index (κ1) is 15.3. The van der Waals surface area contributed by atoms with Crippen LogP contribution in [-0.2, 0) is 31.2 Å². The van der Waals surface area contributed by atoms with E-state index in [9.17, 15) is 4.79 Å². The number of nitrogens with one attached hydrogen (secondary N) is 1. The number of carbonyl (C=O) groups is 1. The Morgan fingerprint density at radius 2 is 2.10 bits per heavy atom. The van der Waals surface area contributed by atoms with Gasteiger partial charge in [0.15, 0.2) is 0 Å². The van der Waals surface area contributed by atoms with Crippen LogP contribution in [0.3, 0.4) is 0 Å². The van der Waals surface area contributed by atoms with E-state index in [2.05, 4.69) is 17.3 Å². The Morgan fingerprint density at radius 3 is 2.76 bits per heavy atom. The zero-order valence-electron chi connectivity index (χ0n) is 12.5. The highest BCUT2D eigenvalue weighted by Crippen LogP contribution is 2.07. The van der Waals surface area contributed by atoms with E-state index in [1.54, 1.807) is 4.68 Å². The lowest BCUT2D eigenvalue weighted by atomic mass is 10.1. The maximum absolute atomic E-state index is 12.1. The average molecular weight is 286 g/mol. The predicted molar refractivity (Wildman–Crippen MR) is 82.6 cm³/mol. The van der Waals surface area contributed by atoms with Gasteiger partial charge in [-0.3, -0.25) is 9.48 Å². The van der Waals surface area contributed by atoms with E-state index < -0.39 is 6.04 Å². The molecular weight excluding hydrogens is 264 g/mol. The molecule has 0 aliphatic heterocycles. The minimum Gasteiger partial charge on any atom is -0.351 e. The van der Waals surface area contributed by atoms with Gasteiger partial charge in [-0.15, -0.1) is 0 Å². The van der Waals surface area contributed by atoms with Crippen molar-refractivity contribution < 1.29 is 4.79 Å². The number of benzene rings is 1. The second-order valence-corrected chi connectivity index (χ2v) is 5.14. The maximum Gasteiger partial charge on any atom is 0.237 e. The van der Waals surface area contributed by atoms with Crippen molar-refractivity contribution in [1.29, 1.82) is 0 Å². The number of nitrogens with two attached hydrogens (primary N) is 1. The van der Waals surface area contributed by atoms with E-state index in [-0.39, 0.29) is 5.91 Å². The Hall–Kier alpha value is -2.14. The molecule has 0 saturated heterocycles. The van der Waals surface area contributed by atoms with Crippen LogP contribution in [0.5, 0.6) is 0 Å². The van der Waals surface area contributed by atoms with Gasteiger partial charge in [0.05, 0.1) is 11.7 Å². The second-order valence-electron chi connectivity index (χ2n) is 5.14. The summed E-state index contributed by atoms with van der Waals surface area (Å²) in [6, 6.07) is 9.26. The van der Waals surface area contributed by atoms with Crippen molar-refractivity contribution in [2.45, 2.75) is 32.4 Å². The van der Waals surface area contributed by atoms with E-state index in [1.807, 2.05) is 43.6 Å². The van der Waals surface area contributed by atoms with Gasteiger partial charge in [0, 0.05) is 25.4 Å². The van der Waals surface area contributed by atoms with Crippen LogP contribution in [-0.4, -0.2) is 21.7 Å². The third kappa shape index (κ3) is 4.16. The van der Waals surface area contributed by atoms with Crippen LogP contribution in [0.1, 0.15) is 23.7 Å². The molecule has 0 bridgehead atoms. The molecule has 1 amide bonds. The van der Waals surface area contributed by atoms with Crippen molar-refractivity contribution in [2.24, 2.45) is 12.8 Å².